The molecule has 0 aromatic heterocycles. The van der Waals surface area contributed by atoms with Crippen molar-refractivity contribution < 1.29 is 14.3 Å². The third kappa shape index (κ3) is 9.02. The highest BCUT2D eigenvalue weighted by molar-refractivity contribution is 7.80. The number of likely N-dealkylation sites (N-methyl/N-ethyl adjacent to an activating group) is 1. The molecule has 0 radical (unpaired) electrons. The van der Waals surface area contributed by atoms with Gasteiger partial charge in [-0.15, -0.1) is 0 Å². The molecule has 0 aromatic carbocycles. The average molecular weight is 262 g/mol. The number of nitrogens with two attached hydrogens (primary N) is 1. The monoisotopic (exact) mass is 262 g/mol. The van der Waals surface area contributed by atoms with E-state index in [2.05, 4.69) is 0 Å². The maximum absolute atomic E-state index is 11.6. The molecule has 0 aliphatic heterocycles. The van der Waals surface area contributed by atoms with Gasteiger partial charge in [-0.2, -0.15) is 0 Å². The number of nitrogens with zero attached hydrogens (tertiary/aromatic N) is 1. The van der Waals surface area contributed by atoms with Crippen LogP contribution in [0.1, 0.15) is 20.3 Å². The molecule has 1 amide bonds. The van der Waals surface area contributed by atoms with E-state index in [-0.39, 0.29) is 18.6 Å². The van der Waals surface area contributed by atoms with Gasteiger partial charge in [-0.05, 0) is 13.8 Å². The van der Waals surface area contributed by atoms with Gasteiger partial charge in [0.2, 0.25) is 5.91 Å². The Kier molecular flexibility index (Phi) is 8.93. The highest BCUT2D eigenvalue weighted by Crippen LogP contribution is 1.95. The third-order valence-electron chi connectivity index (χ3n) is 2.17. The first-order valence-corrected chi connectivity index (χ1v) is 6.09. The van der Waals surface area contributed by atoms with E-state index in [1.165, 1.54) is 0 Å². The number of carbonyl (C=O) groups is 1. The zero-order valence-electron chi connectivity index (χ0n) is 10.8. The molecular weight excluding hydrogens is 240 g/mol. The number of hydrogen-bond acceptors (Lipinski definition) is 4. The van der Waals surface area contributed by atoms with Crippen LogP contribution in [-0.4, -0.2) is 55.3 Å². The molecule has 1 atom stereocenters. The van der Waals surface area contributed by atoms with Gasteiger partial charge in [0, 0.05) is 26.6 Å². The minimum Gasteiger partial charge on any atom is -0.393 e. The summed E-state index contributed by atoms with van der Waals surface area (Å²) >= 11 is 4.75. The van der Waals surface area contributed by atoms with E-state index in [9.17, 15) is 4.79 Å². The summed E-state index contributed by atoms with van der Waals surface area (Å²) in [5.74, 6) is -0.0791. The van der Waals surface area contributed by atoms with Crippen molar-refractivity contribution in [2.45, 2.75) is 26.4 Å². The maximum Gasteiger partial charge on any atom is 0.248 e. The second-order valence-electron chi connectivity index (χ2n) is 3.81. The lowest BCUT2D eigenvalue weighted by atomic mass is 10.4. The summed E-state index contributed by atoms with van der Waals surface area (Å²) in [7, 11) is 1.71. The first-order valence-electron chi connectivity index (χ1n) is 5.69. The molecule has 1 unspecified atom stereocenters. The summed E-state index contributed by atoms with van der Waals surface area (Å²) in [5.41, 5.74) is 5.36. The predicted molar refractivity (Wildman–Crippen MR) is 70.9 cm³/mol. The molecular formula is C11H22N2O3S. The largest absolute Gasteiger partial charge is 0.393 e. The normalized spacial score (nSPS) is 12.2. The summed E-state index contributed by atoms with van der Waals surface area (Å²) < 4.78 is 10.5. The predicted octanol–water partition coefficient (Wildman–Crippen LogP) is 0.563. The Bertz CT molecular complexity index is 249. The van der Waals surface area contributed by atoms with Gasteiger partial charge in [0.25, 0.3) is 0 Å². The van der Waals surface area contributed by atoms with Crippen LogP contribution in [0.3, 0.4) is 0 Å². The number of hydrogen-bond donors (Lipinski definition) is 1. The highest BCUT2D eigenvalue weighted by atomic mass is 32.1. The summed E-state index contributed by atoms with van der Waals surface area (Å²) in [6.45, 7) is 5.52. The SMILES string of the molecule is CCOCC(C)OCC(=O)N(C)CCC(N)=S. The lowest BCUT2D eigenvalue weighted by Crippen LogP contribution is -2.34. The Morgan fingerprint density at radius 2 is 2.18 bits per heavy atom. The number of thiocarbonyl (C=S) groups is 1. The Balaban J connectivity index is 3.73. The second-order valence-corrected chi connectivity index (χ2v) is 4.34. The molecule has 0 fully saturated rings. The fraction of sp³-hybridized carbons (Fsp3) is 0.818. The van der Waals surface area contributed by atoms with Crippen LogP contribution in [0.4, 0.5) is 0 Å². The van der Waals surface area contributed by atoms with Gasteiger partial charge in [0.15, 0.2) is 0 Å². The van der Waals surface area contributed by atoms with E-state index in [4.69, 9.17) is 27.4 Å². The molecule has 0 aromatic rings. The first-order chi connectivity index (χ1) is 7.97. The van der Waals surface area contributed by atoms with E-state index in [0.29, 0.717) is 31.2 Å². The van der Waals surface area contributed by atoms with Crippen molar-refractivity contribution >= 4 is 23.1 Å². The summed E-state index contributed by atoms with van der Waals surface area (Å²) in [4.78, 5) is 13.6. The van der Waals surface area contributed by atoms with Crippen molar-refractivity contribution in [3.63, 3.8) is 0 Å². The molecule has 0 rings (SSSR count). The Morgan fingerprint density at radius 3 is 2.71 bits per heavy atom. The highest BCUT2D eigenvalue weighted by Gasteiger charge is 2.11. The van der Waals surface area contributed by atoms with E-state index < -0.39 is 0 Å². The molecule has 0 aliphatic carbocycles. The van der Waals surface area contributed by atoms with Gasteiger partial charge in [-0.1, -0.05) is 12.2 Å². The number of amides is 1. The minimum absolute atomic E-state index is 0.0576. The standard InChI is InChI=1S/C11H22N2O3S/c1-4-15-7-9(2)16-8-11(14)13(3)6-5-10(12)17/h9H,4-8H2,1-3H3,(H2,12,17). The smallest absolute Gasteiger partial charge is 0.248 e. The molecule has 0 spiro atoms. The Morgan fingerprint density at radius 1 is 1.53 bits per heavy atom. The van der Waals surface area contributed by atoms with Crippen LogP contribution in [0.25, 0.3) is 0 Å². The van der Waals surface area contributed by atoms with Crippen LogP contribution < -0.4 is 5.73 Å². The lowest BCUT2D eigenvalue weighted by molar-refractivity contribution is -0.137. The third-order valence-corrected chi connectivity index (χ3v) is 2.37. The molecule has 0 saturated carbocycles. The lowest BCUT2D eigenvalue weighted by Gasteiger charge is -2.18. The van der Waals surface area contributed by atoms with Crippen LogP contribution in [0, 0.1) is 0 Å². The summed E-state index contributed by atoms with van der Waals surface area (Å²) in [6.07, 6.45) is 0.453. The van der Waals surface area contributed by atoms with E-state index in [1.54, 1.807) is 11.9 Å². The van der Waals surface area contributed by atoms with Crippen LogP contribution in [0.5, 0.6) is 0 Å². The quantitative estimate of drug-likeness (QED) is 0.615. The van der Waals surface area contributed by atoms with Crippen molar-refractivity contribution in [3.8, 4) is 0 Å². The van der Waals surface area contributed by atoms with Gasteiger partial charge in [-0.3, -0.25) is 4.79 Å². The topological polar surface area (TPSA) is 64.8 Å². The molecule has 6 heteroatoms. The summed E-state index contributed by atoms with van der Waals surface area (Å²) in [6, 6.07) is 0. The molecule has 5 nitrogen and oxygen atoms in total. The maximum atomic E-state index is 11.6. The zero-order valence-corrected chi connectivity index (χ0v) is 11.6. The van der Waals surface area contributed by atoms with E-state index in [0.717, 1.165) is 0 Å². The van der Waals surface area contributed by atoms with E-state index >= 15 is 0 Å². The van der Waals surface area contributed by atoms with Crippen LogP contribution in [-0.2, 0) is 14.3 Å². The number of carbonyl (C=O) groups excluding carboxylic acids is 1. The Hall–Kier alpha value is -0.720. The van der Waals surface area contributed by atoms with Crippen LogP contribution >= 0.6 is 12.2 Å². The van der Waals surface area contributed by atoms with Crippen molar-refractivity contribution in [1.82, 2.24) is 4.90 Å². The minimum atomic E-state index is -0.0807. The van der Waals surface area contributed by atoms with Crippen LogP contribution in [0.15, 0.2) is 0 Å². The Labute approximate surface area is 108 Å². The van der Waals surface area contributed by atoms with E-state index in [1.807, 2.05) is 13.8 Å². The van der Waals surface area contributed by atoms with Crippen LogP contribution in [0.2, 0.25) is 0 Å². The number of rotatable bonds is 9. The van der Waals surface area contributed by atoms with Crippen molar-refractivity contribution in [2.24, 2.45) is 5.73 Å². The first kappa shape index (κ1) is 16.3. The fourth-order valence-electron chi connectivity index (χ4n) is 1.06. The van der Waals surface area contributed by atoms with Gasteiger partial charge >= 0.3 is 0 Å². The van der Waals surface area contributed by atoms with Gasteiger partial charge in [0.05, 0.1) is 17.7 Å². The average Bonchev–Trinajstić information content (AvgIpc) is 2.29. The number of ether oxygens (including phenoxy) is 2. The molecule has 100 valence electrons. The van der Waals surface area contributed by atoms with Crippen molar-refractivity contribution in [2.75, 3.05) is 33.4 Å². The van der Waals surface area contributed by atoms with Gasteiger partial charge in [-0.25, -0.2) is 0 Å². The fourth-order valence-corrected chi connectivity index (χ4v) is 1.15. The van der Waals surface area contributed by atoms with Gasteiger partial charge < -0.3 is 20.1 Å². The van der Waals surface area contributed by atoms with Gasteiger partial charge in [0.1, 0.15) is 6.61 Å². The molecule has 0 aliphatic rings. The molecule has 2 N–H and O–H groups in total. The summed E-state index contributed by atoms with van der Waals surface area (Å²) in [5, 5.41) is 0. The van der Waals surface area contributed by atoms with Crippen molar-refractivity contribution in [3.05, 3.63) is 0 Å². The molecule has 0 bridgehead atoms. The zero-order chi connectivity index (χ0) is 13.3. The molecule has 17 heavy (non-hydrogen) atoms. The molecule has 0 saturated heterocycles. The van der Waals surface area contributed by atoms with Crippen molar-refractivity contribution in [1.29, 1.82) is 0 Å². The second kappa shape index (κ2) is 9.32. The molecule has 0 heterocycles.